The molecule has 0 aliphatic heterocycles. The van der Waals surface area contributed by atoms with Crippen LogP contribution in [0.1, 0.15) is 13.7 Å². The summed E-state index contributed by atoms with van der Waals surface area (Å²) in [4.78, 5) is 0. The van der Waals surface area contributed by atoms with Crippen LogP contribution in [0.3, 0.4) is 0 Å². The molecule has 0 N–H and O–H groups in total. The quantitative estimate of drug-likeness (QED) is 0.126. The summed E-state index contributed by atoms with van der Waals surface area (Å²) in [5.74, 6) is 0. The summed E-state index contributed by atoms with van der Waals surface area (Å²) in [6.45, 7) is 0. The Kier molecular flexibility index (Phi) is 5.65. The topological polar surface area (TPSA) is 13.1 Å². The minimum Gasteiger partial charge on any atom is -0.455 e. The fraction of sp³-hybridized carbons (Fsp3) is 0. The van der Waals surface area contributed by atoms with Gasteiger partial charge in [-0.1, -0.05) is 194 Å². The first-order valence-corrected chi connectivity index (χ1v) is 19.5. The highest BCUT2D eigenvalue weighted by atomic mass is 16.3. The fourth-order valence-electron chi connectivity index (χ4n) is 9.00. The monoisotopic (exact) mass is 758 g/mol. The van der Waals surface area contributed by atoms with Gasteiger partial charge in [0, 0.05) is 16.3 Å². The molecule has 12 aromatic rings. The maximum atomic E-state index is 8.92. The molecule has 0 aliphatic carbocycles. The molecule has 0 bridgehead atoms. The van der Waals surface area contributed by atoms with Crippen LogP contribution in [0.25, 0.3) is 121 Å². The minimum absolute atomic E-state index is 0.127. The molecule has 0 saturated heterocycles. The van der Waals surface area contributed by atoms with Crippen molar-refractivity contribution in [2.24, 2.45) is 0 Å². The van der Waals surface area contributed by atoms with E-state index in [9.17, 15) is 0 Å². The molecule has 1 nitrogen and oxygen atoms in total. The highest BCUT2D eigenvalue weighted by molar-refractivity contribution is 6.22. The van der Waals surface area contributed by atoms with Crippen molar-refractivity contribution in [3.8, 4) is 55.6 Å². The molecule has 1 heteroatoms. The van der Waals surface area contributed by atoms with Gasteiger partial charge in [-0.3, -0.25) is 0 Å². The van der Waals surface area contributed by atoms with Crippen LogP contribution in [0.2, 0.25) is 0 Å². The van der Waals surface area contributed by atoms with Gasteiger partial charge in [0.1, 0.15) is 11.2 Å². The maximum absolute atomic E-state index is 8.92. The van der Waals surface area contributed by atoms with Crippen LogP contribution in [0, 0.1) is 0 Å². The molecule has 11 aromatic carbocycles. The third-order valence-electron chi connectivity index (χ3n) is 11.6. The van der Waals surface area contributed by atoms with Gasteiger partial charge in [0.05, 0.1) is 13.7 Å². The number of para-hydroxylation sites is 1. The first-order chi connectivity index (χ1) is 33.4. The third-order valence-corrected chi connectivity index (χ3v) is 11.6. The van der Waals surface area contributed by atoms with E-state index in [-0.39, 0.29) is 59.5 Å². The smallest absolute Gasteiger partial charge is 0.143 e. The number of furan rings is 1. The van der Waals surface area contributed by atoms with Gasteiger partial charge in [0.2, 0.25) is 0 Å². The Balaban J connectivity index is 0.982. The lowest BCUT2D eigenvalue weighted by molar-refractivity contribution is 0.670. The van der Waals surface area contributed by atoms with Gasteiger partial charge in [-0.05, 0) is 117 Å². The van der Waals surface area contributed by atoms with E-state index in [1.807, 2.05) is 72.8 Å². The van der Waals surface area contributed by atoms with E-state index in [2.05, 4.69) is 72.8 Å². The van der Waals surface area contributed by atoms with Gasteiger partial charge in [-0.2, -0.15) is 0 Å². The average molecular weight is 759 g/mol. The number of hydrogen-bond acceptors (Lipinski definition) is 1. The van der Waals surface area contributed by atoms with E-state index in [0.29, 0.717) is 22.3 Å². The SMILES string of the molecule is [2H]c1c([2H])c([2H])c(-c2ccc3c(c2)oc2c(-c4ccc5c(c4)cc(-c4ccc(-c6c7ccccc7c(-c7c([2H])c([2H])c([2H])c([2H])c7[2H])c7ccccc67)cc4)c4ccccc45)cccc23)c([2H])c1[2H]. The molecule has 1 aromatic heterocycles. The molecule has 59 heavy (non-hydrogen) atoms. The molecule has 0 amide bonds. The molecular weight excluding hydrogens is 713 g/mol. The second-order valence-corrected chi connectivity index (χ2v) is 14.8. The molecule has 0 atom stereocenters. The van der Waals surface area contributed by atoms with Crippen molar-refractivity contribution in [1.29, 1.82) is 0 Å². The van der Waals surface area contributed by atoms with Crippen LogP contribution in [-0.4, -0.2) is 0 Å². The summed E-state index contributed by atoms with van der Waals surface area (Å²) in [5, 5.41) is 9.52. The van der Waals surface area contributed by atoms with Crippen molar-refractivity contribution >= 4 is 65.0 Å². The van der Waals surface area contributed by atoms with E-state index in [1.165, 1.54) is 0 Å². The fourth-order valence-corrected chi connectivity index (χ4v) is 9.00. The zero-order chi connectivity index (χ0) is 47.6. The van der Waals surface area contributed by atoms with Crippen molar-refractivity contribution in [1.82, 2.24) is 0 Å². The first-order valence-electron chi connectivity index (χ1n) is 24.5. The number of benzene rings is 11. The lowest BCUT2D eigenvalue weighted by atomic mass is 9.85. The van der Waals surface area contributed by atoms with Gasteiger partial charge in [0.25, 0.3) is 0 Å². The predicted octanol–water partition coefficient (Wildman–Crippen LogP) is 16.5. The molecule has 0 fully saturated rings. The maximum Gasteiger partial charge on any atom is 0.143 e. The molecule has 0 saturated carbocycles. The van der Waals surface area contributed by atoms with Crippen molar-refractivity contribution in [2.75, 3.05) is 0 Å². The molecular formula is C58H36O. The van der Waals surface area contributed by atoms with E-state index >= 15 is 0 Å². The number of fused-ring (bicyclic) bond motifs is 8. The van der Waals surface area contributed by atoms with Gasteiger partial charge in [-0.15, -0.1) is 0 Å². The van der Waals surface area contributed by atoms with Gasteiger partial charge in [-0.25, -0.2) is 0 Å². The Hall–Kier alpha value is -7.74. The minimum atomic E-state index is -0.433. The van der Waals surface area contributed by atoms with Crippen LogP contribution in [0.15, 0.2) is 223 Å². The van der Waals surface area contributed by atoms with E-state index in [1.54, 1.807) is 12.1 Å². The molecule has 0 spiro atoms. The van der Waals surface area contributed by atoms with Crippen molar-refractivity contribution < 1.29 is 18.1 Å². The molecule has 0 aliphatic rings. The normalized spacial score (nSPS) is 14.1. The lowest BCUT2D eigenvalue weighted by Crippen LogP contribution is -1.91. The lowest BCUT2D eigenvalue weighted by Gasteiger charge is -2.18. The highest BCUT2D eigenvalue weighted by Gasteiger charge is 2.18. The highest BCUT2D eigenvalue weighted by Crippen LogP contribution is 2.45. The largest absolute Gasteiger partial charge is 0.455 e. The summed E-state index contributed by atoms with van der Waals surface area (Å²) in [5.41, 5.74) is 8.54. The zero-order valence-corrected chi connectivity index (χ0v) is 31.4. The zero-order valence-electron chi connectivity index (χ0n) is 41.4. The van der Waals surface area contributed by atoms with Gasteiger partial charge in [0.15, 0.2) is 0 Å². The molecule has 0 unspecified atom stereocenters. The Bertz CT molecular complexity index is 4080. The number of hydrogen-bond donors (Lipinski definition) is 0. The first kappa shape index (κ1) is 24.8. The third kappa shape index (κ3) is 5.40. The molecule has 274 valence electrons. The molecule has 1 heterocycles. The Morgan fingerprint density at radius 1 is 0.305 bits per heavy atom. The van der Waals surface area contributed by atoms with Crippen molar-refractivity contribution in [3.63, 3.8) is 0 Å². The van der Waals surface area contributed by atoms with Crippen molar-refractivity contribution in [2.45, 2.75) is 0 Å². The van der Waals surface area contributed by atoms with Gasteiger partial charge < -0.3 is 4.42 Å². The number of rotatable bonds is 5. The Morgan fingerprint density at radius 3 is 1.51 bits per heavy atom. The standard InChI is InChI=1S/C58H36O/c1-3-14-37(15-4-1)41-30-33-48-53-25-13-24-45(58(53)59-55(48)36-41)42-31-32-44-43(34-42)35-54(47-19-8-7-18-46(44)47)38-26-28-40(29-27-38)57-51-22-11-9-20-49(51)56(39-16-5-2-6-17-39)50-21-10-12-23-52(50)57/h1-36H/i1D,2D,3D,4D,5D,6D,14D,15D,16D,17D. The van der Waals surface area contributed by atoms with E-state index in [4.69, 9.17) is 18.1 Å². The second kappa shape index (κ2) is 13.4. The van der Waals surface area contributed by atoms with E-state index < -0.39 is 12.1 Å². The second-order valence-electron chi connectivity index (χ2n) is 14.8. The summed E-state index contributed by atoms with van der Waals surface area (Å²) in [6.07, 6.45) is 0. The van der Waals surface area contributed by atoms with Crippen LogP contribution >= 0.6 is 0 Å². The Morgan fingerprint density at radius 2 is 0.831 bits per heavy atom. The van der Waals surface area contributed by atoms with E-state index in [0.717, 1.165) is 87.2 Å². The Labute approximate surface area is 356 Å². The summed E-state index contributed by atoms with van der Waals surface area (Å²) in [6, 6.07) is 49.5. The summed E-state index contributed by atoms with van der Waals surface area (Å²) < 4.78 is 91.2. The predicted molar refractivity (Wildman–Crippen MR) is 251 cm³/mol. The van der Waals surface area contributed by atoms with Crippen LogP contribution in [0.4, 0.5) is 0 Å². The van der Waals surface area contributed by atoms with Crippen LogP contribution in [0.5, 0.6) is 0 Å². The van der Waals surface area contributed by atoms with Crippen LogP contribution in [-0.2, 0) is 0 Å². The molecule has 12 rings (SSSR count). The van der Waals surface area contributed by atoms with Crippen LogP contribution < -0.4 is 0 Å². The summed E-state index contributed by atoms with van der Waals surface area (Å²) in [7, 11) is 0. The summed E-state index contributed by atoms with van der Waals surface area (Å²) >= 11 is 0. The van der Waals surface area contributed by atoms with Gasteiger partial charge >= 0.3 is 0 Å². The molecule has 0 radical (unpaired) electrons. The average Bonchev–Trinajstić information content (AvgIpc) is 3.76. The van der Waals surface area contributed by atoms with Crippen molar-refractivity contribution in [3.05, 3.63) is 218 Å².